The number of nitrogens with zero attached hydrogens (tertiary/aromatic N) is 3. The molecule has 1 amide bonds. The molecule has 2 fully saturated rings. The third-order valence-electron chi connectivity index (χ3n) is 6.48. The number of hydrogen-bond acceptors (Lipinski definition) is 4. The summed E-state index contributed by atoms with van der Waals surface area (Å²) in [7, 11) is 0. The van der Waals surface area contributed by atoms with Gasteiger partial charge in [-0.2, -0.15) is 5.10 Å². The topological polar surface area (TPSA) is 67.6 Å². The Morgan fingerprint density at radius 3 is 2.57 bits per heavy atom. The van der Waals surface area contributed by atoms with E-state index >= 15 is 0 Å². The first kappa shape index (κ1) is 19.0. The Morgan fingerprint density at radius 2 is 1.87 bits per heavy atom. The number of rotatable bonds is 4. The first-order valence-electron chi connectivity index (χ1n) is 10.4. The predicted molar refractivity (Wildman–Crippen MR) is 113 cm³/mol. The van der Waals surface area contributed by atoms with Crippen molar-refractivity contribution in [3.05, 3.63) is 72.4 Å². The Bertz CT molecular complexity index is 1030. The fourth-order valence-electron chi connectivity index (χ4n) is 4.67. The van der Waals surface area contributed by atoms with Gasteiger partial charge in [-0.1, -0.05) is 48.5 Å². The third kappa shape index (κ3) is 3.22. The Hall–Kier alpha value is -2.96. The van der Waals surface area contributed by atoms with Crippen molar-refractivity contribution in [3.8, 4) is 16.9 Å². The highest BCUT2D eigenvalue weighted by atomic mass is 16.5. The number of aliphatic hydroxyl groups is 1. The molecule has 1 N–H and O–H groups in total. The van der Waals surface area contributed by atoms with Gasteiger partial charge in [-0.15, -0.1) is 0 Å². The number of likely N-dealkylation sites (tertiary alicyclic amines) is 1. The van der Waals surface area contributed by atoms with Crippen LogP contribution in [0.5, 0.6) is 0 Å². The van der Waals surface area contributed by atoms with Crippen LogP contribution in [0.3, 0.4) is 0 Å². The normalized spacial score (nSPS) is 23.4. The van der Waals surface area contributed by atoms with Crippen molar-refractivity contribution in [1.82, 2.24) is 14.7 Å². The van der Waals surface area contributed by atoms with Crippen molar-refractivity contribution in [1.29, 1.82) is 0 Å². The van der Waals surface area contributed by atoms with Gasteiger partial charge in [-0.25, -0.2) is 4.68 Å². The maximum atomic E-state index is 13.6. The fraction of sp³-hybridized carbons (Fsp3) is 0.333. The number of hydrogen-bond donors (Lipinski definition) is 1. The summed E-state index contributed by atoms with van der Waals surface area (Å²) in [5.74, 6) is 0.109. The molecular formula is C24H25N3O3. The minimum Gasteiger partial charge on any atom is -0.396 e. The second kappa shape index (κ2) is 7.70. The number of amides is 1. The summed E-state index contributed by atoms with van der Waals surface area (Å²) >= 11 is 0. The molecule has 6 nitrogen and oxygen atoms in total. The van der Waals surface area contributed by atoms with Gasteiger partial charge in [0.1, 0.15) is 5.69 Å². The van der Waals surface area contributed by atoms with Crippen LogP contribution in [-0.4, -0.2) is 58.6 Å². The van der Waals surface area contributed by atoms with Crippen molar-refractivity contribution in [2.24, 2.45) is 11.3 Å². The van der Waals surface area contributed by atoms with E-state index in [2.05, 4.69) is 0 Å². The SMILES string of the molecule is O=C(c1cc(-c2ccccc2)nn1-c1ccccc1)N1C[C@@H]2COCC[C@]2(CO)C1. The lowest BCUT2D eigenvalue weighted by Crippen LogP contribution is -2.41. The summed E-state index contributed by atoms with van der Waals surface area (Å²) < 4.78 is 7.36. The number of carbonyl (C=O) groups excluding carboxylic acids is 1. The lowest BCUT2D eigenvalue weighted by atomic mass is 9.75. The molecule has 5 rings (SSSR count). The van der Waals surface area contributed by atoms with E-state index in [0.29, 0.717) is 32.0 Å². The number of ether oxygens (including phenoxy) is 1. The molecule has 30 heavy (non-hydrogen) atoms. The molecule has 154 valence electrons. The molecular weight excluding hydrogens is 378 g/mol. The molecule has 2 aromatic carbocycles. The van der Waals surface area contributed by atoms with Crippen LogP contribution in [0.25, 0.3) is 16.9 Å². The highest BCUT2D eigenvalue weighted by Gasteiger charge is 2.49. The van der Waals surface area contributed by atoms with Gasteiger partial charge >= 0.3 is 0 Å². The minimum atomic E-state index is -0.256. The third-order valence-corrected chi connectivity index (χ3v) is 6.48. The highest BCUT2D eigenvalue weighted by molar-refractivity contribution is 5.94. The second-order valence-electron chi connectivity index (χ2n) is 8.26. The lowest BCUT2D eigenvalue weighted by molar-refractivity contribution is -0.0415. The van der Waals surface area contributed by atoms with Gasteiger partial charge in [0.05, 0.1) is 24.6 Å². The summed E-state index contributed by atoms with van der Waals surface area (Å²) in [5, 5.41) is 14.9. The van der Waals surface area contributed by atoms with Crippen LogP contribution in [0.2, 0.25) is 0 Å². The number of benzene rings is 2. The van der Waals surface area contributed by atoms with Gasteiger partial charge in [-0.3, -0.25) is 4.79 Å². The molecule has 0 saturated carbocycles. The first-order valence-corrected chi connectivity index (χ1v) is 10.4. The van der Waals surface area contributed by atoms with E-state index in [1.807, 2.05) is 71.6 Å². The summed E-state index contributed by atoms with van der Waals surface area (Å²) in [5.41, 5.74) is 2.86. The van der Waals surface area contributed by atoms with E-state index in [1.54, 1.807) is 4.68 Å². The number of aromatic nitrogens is 2. The number of carbonyl (C=O) groups is 1. The van der Waals surface area contributed by atoms with Gasteiger partial charge in [0.2, 0.25) is 0 Å². The van der Waals surface area contributed by atoms with Crippen molar-refractivity contribution in [2.45, 2.75) is 6.42 Å². The molecule has 2 saturated heterocycles. The smallest absolute Gasteiger partial charge is 0.272 e. The maximum Gasteiger partial charge on any atom is 0.272 e. The van der Waals surface area contributed by atoms with Crippen LogP contribution in [0.15, 0.2) is 66.7 Å². The predicted octanol–water partition coefficient (Wildman–Crippen LogP) is 3.01. The molecule has 2 atom stereocenters. The molecule has 2 aliphatic heterocycles. The molecule has 6 heteroatoms. The zero-order valence-corrected chi connectivity index (χ0v) is 16.8. The molecule has 0 radical (unpaired) electrons. The molecule has 3 heterocycles. The zero-order valence-electron chi connectivity index (χ0n) is 16.8. The van der Waals surface area contributed by atoms with Gasteiger partial charge in [0.25, 0.3) is 5.91 Å². The van der Waals surface area contributed by atoms with Crippen LogP contribution in [-0.2, 0) is 4.74 Å². The van der Waals surface area contributed by atoms with Crippen molar-refractivity contribution in [2.75, 3.05) is 32.9 Å². The average molecular weight is 403 g/mol. The average Bonchev–Trinajstić information content (AvgIpc) is 3.43. The monoisotopic (exact) mass is 403 g/mol. The standard InChI is InChI=1S/C24H25N3O3/c28-17-24-11-12-30-15-19(24)14-26(16-24)23(29)22-13-21(18-7-3-1-4-8-18)25-27(22)20-9-5-2-6-10-20/h1-10,13,19,28H,11-12,14-17H2/t19-,24-/m1/s1. The molecule has 0 spiro atoms. The minimum absolute atomic E-state index is 0.0595. The van der Waals surface area contributed by atoms with E-state index in [1.165, 1.54) is 0 Å². The van der Waals surface area contributed by atoms with Crippen molar-refractivity contribution in [3.63, 3.8) is 0 Å². The van der Waals surface area contributed by atoms with Crippen LogP contribution >= 0.6 is 0 Å². The van der Waals surface area contributed by atoms with Crippen LogP contribution < -0.4 is 0 Å². The Morgan fingerprint density at radius 1 is 1.13 bits per heavy atom. The molecule has 0 aliphatic carbocycles. The molecule has 2 aliphatic rings. The van der Waals surface area contributed by atoms with Crippen LogP contribution in [0.4, 0.5) is 0 Å². The van der Waals surface area contributed by atoms with E-state index in [4.69, 9.17) is 9.84 Å². The van der Waals surface area contributed by atoms with Crippen molar-refractivity contribution < 1.29 is 14.6 Å². The second-order valence-corrected chi connectivity index (χ2v) is 8.26. The lowest BCUT2D eigenvalue weighted by Gasteiger charge is -2.36. The zero-order chi connectivity index (χ0) is 20.6. The summed E-state index contributed by atoms with van der Waals surface area (Å²) in [6.07, 6.45) is 0.783. The Labute approximate surface area is 175 Å². The fourth-order valence-corrected chi connectivity index (χ4v) is 4.67. The number of para-hydroxylation sites is 1. The maximum absolute atomic E-state index is 13.6. The largest absolute Gasteiger partial charge is 0.396 e. The molecule has 1 aromatic heterocycles. The highest BCUT2D eigenvalue weighted by Crippen LogP contribution is 2.42. The van der Waals surface area contributed by atoms with E-state index in [9.17, 15) is 9.90 Å². The van der Waals surface area contributed by atoms with E-state index < -0.39 is 0 Å². The summed E-state index contributed by atoms with van der Waals surface area (Å²) in [6.45, 7) is 2.46. The van der Waals surface area contributed by atoms with Crippen LogP contribution in [0.1, 0.15) is 16.9 Å². The van der Waals surface area contributed by atoms with Gasteiger partial charge in [0.15, 0.2) is 0 Å². The molecule has 0 bridgehead atoms. The number of aliphatic hydroxyl groups excluding tert-OH is 1. The van der Waals surface area contributed by atoms with E-state index in [0.717, 1.165) is 23.4 Å². The Balaban J connectivity index is 1.53. The van der Waals surface area contributed by atoms with Gasteiger partial charge < -0.3 is 14.7 Å². The molecule has 3 aromatic rings. The summed E-state index contributed by atoms with van der Waals surface area (Å²) in [6, 6.07) is 21.5. The Kier molecular flexibility index (Phi) is 4.89. The first-order chi connectivity index (χ1) is 14.7. The summed E-state index contributed by atoms with van der Waals surface area (Å²) in [4.78, 5) is 15.5. The van der Waals surface area contributed by atoms with E-state index in [-0.39, 0.29) is 23.8 Å². The quantitative estimate of drug-likeness (QED) is 0.727. The molecule has 0 unspecified atom stereocenters. The van der Waals surface area contributed by atoms with Crippen molar-refractivity contribution >= 4 is 5.91 Å². The van der Waals surface area contributed by atoms with Crippen LogP contribution in [0, 0.1) is 11.3 Å². The number of fused-ring (bicyclic) bond motifs is 1. The van der Waals surface area contributed by atoms with Gasteiger partial charge in [-0.05, 0) is 24.6 Å². The van der Waals surface area contributed by atoms with Gasteiger partial charge in [0, 0.05) is 36.6 Å².